The third-order valence-corrected chi connectivity index (χ3v) is 6.87. The number of piperidine rings is 1. The molecule has 158 valence electrons. The highest BCUT2D eigenvalue weighted by atomic mass is 32.2. The first-order chi connectivity index (χ1) is 14.5. The van der Waals surface area contributed by atoms with E-state index >= 15 is 0 Å². The molecular weight excluding hydrogens is 402 g/mol. The van der Waals surface area contributed by atoms with Gasteiger partial charge in [0.1, 0.15) is 5.75 Å². The number of nitrogens with zero attached hydrogens (tertiary/aromatic N) is 3. The Morgan fingerprint density at radius 2 is 1.70 bits per heavy atom. The van der Waals surface area contributed by atoms with Crippen LogP contribution in [0.4, 0.5) is 5.69 Å². The van der Waals surface area contributed by atoms with Crippen LogP contribution in [0.5, 0.6) is 5.75 Å². The zero-order valence-corrected chi connectivity index (χ0v) is 17.6. The van der Waals surface area contributed by atoms with Crippen molar-refractivity contribution in [3.63, 3.8) is 0 Å². The molecule has 1 aliphatic rings. The van der Waals surface area contributed by atoms with Crippen LogP contribution in [0.3, 0.4) is 0 Å². The van der Waals surface area contributed by atoms with Gasteiger partial charge >= 0.3 is 0 Å². The maximum atomic E-state index is 12.7. The van der Waals surface area contributed by atoms with E-state index in [9.17, 15) is 13.2 Å². The number of sulfonamides is 1. The van der Waals surface area contributed by atoms with E-state index in [1.165, 1.54) is 21.3 Å². The number of hydrogen-bond donors (Lipinski definition) is 0. The Kier molecular flexibility index (Phi) is 7.44. The van der Waals surface area contributed by atoms with Gasteiger partial charge in [-0.25, -0.2) is 8.42 Å². The first-order valence-electron chi connectivity index (χ1n) is 9.98. The molecule has 2 aromatic carbocycles. The van der Waals surface area contributed by atoms with Crippen LogP contribution >= 0.6 is 0 Å². The Labute approximate surface area is 177 Å². The molecule has 0 saturated carbocycles. The van der Waals surface area contributed by atoms with E-state index in [-0.39, 0.29) is 30.4 Å². The molecule has 1 saturated heterocycles. The van der Waals surface area contributed by atoms with Gasteiger partial charge in [-0.15, -0.1) is 0 Å². The van der Waals surface area contributed by atoms with E-state index in [1.54, 1.807) is 24.3 Å². The van der Waals surface area contributed by atoms with Crippen molar-refractivity contribution in [2.45, 2.75) is 30.6 Å². The molecule has 1 fully saturated rings. The molecule has 7 nitrogen and oxygen atoms in total. The number of amides is 1. The highest BCUT2D eigenvalue weighted by Gasteiger charge is 2.25. The summed E-state index contributed by atoms with van der Waals surface area (Å²) in [5, 5.41) is 8.87. The van der Waals surface area contributed by atoms with Gasteiger partial charge in [-0.2, -0.15) is 9.57 Å². The molecule has 1 aliphatic heterocycles. The van der Waals surface area contributed by atoms with Gasteiger partial charge in [-0.1, -0.05) is 24.6 Å². The van der Waals surface area contributed by atoms with Crippen molar-refractivity contribution in [3.8, 4) is 11.8 Å². The maximum absolute atomic E-state index is 12.7. The SMILES string of the molecule is N#CCCN(C(=O)COc1ccc(S(=O)(=O)N2CCCCC2)cc1)c1ccccc1. The molecule has 1 amide bonds. The fraction of sp³-hybridized carbons (Fsp3) is 0.364. The number of benzene rings is 2. The number of ether oxygens (including phenoxy) is 1. The highest BCUT2D eigenvalue weighted by Crippen LogP contribution is 2.23. The Balaban J connectivity index is 1.63. The van der Waals surface area contributed by atoms with Crippen LogP contribution in [-0.4, -0.2) is 44.9 Å². The summed E-state index contributed by atoms with van der Waals surface area (Å²) in [6, 6.07) is 17.3. The molecule has 8 heteroatoms. The molecule has 0 bridgehead atoms. The van der Waals surface area contributed by atoms with Crippen LogP contribution in [0.15, 0.2) is 59.5 Å². The number of carbonyl (C=O) groups excluding carboxylic acids is 1. The van der Waals surface area contributed by atoms with Crippen molar-refractivity contribution in [1.29, 1.82) is 5.26 Å². The smallest absolute Gasteiger partial charge is 0.264 e. The molecule has 0 spiro atoms. The second-order valence-corrected chi connectivity index (χ2v) is 8.95. The number of carbonyl (C=O) groups is 1. The topological polar surface area (TPSA) is 90.7 Å². The molecular formula is C22H25N3O4S. The molecule has 0 radical (unpaired) electrons. The molecule has 0 aromatic heterocycles. The minimum Gasteiger partial charge on any atom is -0.484 e. The van der Waals surface area contributed by atoms with E-state index in [0.29, 0.717) is 24.5 Å². The lowest BCUT2D eigenvalue weighted by atomic mass is 10.2. The normalized spacial score (nSPS) is 14.6. The van der Waals surface area contributed by atoms with E-state index in [0.717, 1.165) is 19.3 Å². The summed E-state index contributed by atoms with van der Waals surface area (Å²) in [5.74, 6) is 0.135. The zero-order chi connectivity index (χ0) is 21.4. The maximum Gasteiger partial charge on any atom is 0.264 e. The van der Waals surface area contributed by atoms with Gasteiger partial charge in [-0.05, 0) is 49.2 Å². The van der Waals surface area contributed by atoms with Crippen LogP contribution in [0.2, 0.25) is 0 Å². The number of hydrogen-bond acceptors (Lipinski definition) is 5. The Morgan fingerprint density at radius 3 is 2.33 bits per heavy atom. The first kappa shape index (κ1) is 21.8. The van der Waals surface area contributed by atoms with Crippen LogP contribution in [0.25, 0.3) is 0 Å². The first-order valence-corrected chi connectivity index (χ1v) is 11.4. The summed E-state index contributed by atoms with van der Waals surface area (Å²) in [6.45, 7) is 1.16. The lowest BCUT2D eigenvalue weighted by molar-refractivity contribution is -0.120. The average Bonchev–Trinajstić information content (AvgIpc) is 2.79. The van der Waals surface area contributed by atoms with Crippen LogP contribution in [0, 0.1) is 11.3 Å². The molecule has 0 aliphatic carbocycles. The summed E-state index contributed by atoms with van der Waals surface area (Å²) in [4.78, 5) is 14.4. The summed E-state index contributed by atoms with van der Waals surface area (Å²) in [7, 11) is -3.50. The monoisotopic (exact) mass is 427 g/mol. The van der Waals surface area contributed by atoms with Crippen molar-refractivity contribution < 1.29 is 17.9 Å². The standard InChI is InChI=1S/C22H25N3O4S/c23-14-7-17-25(19-8-3-1-4-9-19)22(26)18-29-20-10-12-21(13-11-20)30(27,28)24-15-5-2-6-16-24/h1,3-4,8-13H,2,5-7,15-18H2. The minimum absolute atomic E-state index is 0.210. The lowest BCUT2D eigenvalue weighted by Gasteiger charge is -2.26. The fourth-order valence-electron chi connectivity index (χ4n) is 3.35. The molecule has 30 heavy (non-hydrogen) atoms. The quantitative estimate of drug-likeness (QED) is 0.645. The van der Waals surface area contributed by atoms with Crippen LogP contribution < -0.4 is 9.64 Å². The molecule has 0 atom stereocenters. The summed E-state index contributed by atoms with van der Waals surface area (Å²) < 4.78 is 32.5. The second-order valence-electron chi connectivity index (χ2n) is 7.01. The van der Waals surface area contributed by atoms with E-state index in [4.69, 9.17) is 10.00 Å². The van der Waals surface area contributed by atoms with E-state index < -0.39 is 10.0 Å². The number of nitriles is 1. The third kappa shape index (κ3) is 5.38. The largest absolute Gasteiger partial charge is 0.484 e. The lowest BCUT2D eigenvalue weighted by Crippen LogP contribution is -2.36. The molecule has 2 aromatic rings. The fourth-order valence-corrected chi connectivity index (χ4v) is 4.87. The minimum atomic E-state index is -3.50. The van der Waals surface area contributed by atoms with Gasteiger partial charge in [0.2, 0.25) is 10.0 Å². The molecule has 0 unspecified atom stereocenters. The summed E-state index contributed by atoms with van der Waals surface area (Å²) >= 11 is 0. The number of para-hydroxylation sites is 1. The Bertz CT molecular complexity index is 979. The van der Waals surface area contributed by atoms with Crippen LogP contribution in [0.1, 0.15) is 25.7 Å². The van der Waals surface area contributed by atoms with Gasteiger partial charge in [-0.3, -0.25) is 4.79 Å². The van der Waals surface area contributed by atoms with E-state index in [1.807, 2.05) is 24.3 Å². The van der Waals surface area contributed by atoms with Gasteiger partial charge in [0.05, 0.1) is 17.4 Å². The highest BCUT2D eigenvalue weighted by molar-refractivity contribution is 7.89. The molecule has 1 heterocycles. The average molecular weight is 428 g/mol. The van der Waals surface area contributed by atoms with E-state index in [2.05, 4.69) is 0 Å². The second kappa shape index (κ2) is 10.2. The van der Waals surface area contributed by atoms with Crippen molar-refractivity contribution >= 4 is 21.6 Å². The third-order valence-electron chi connectivity index (χ3n) is 4.95. The van der Waals surface area contributed by atoms with Gasteiger partial charge in [0.25, 0.3) is 5.91 Å². The Hall–Kier alpha value is -2.89. The molecule has 0 N–H and O–H groups in total. The Morgan fingerprint density at radius 1 is 1.03 bits per heavy atom. The van der Waals surface area contributed by atoms with Gasteiger partial charge in [0, 0.05) is 25.3 Å². The predicted octanol–water partition coefficient (Wildman–Crippen LogP) is 3.19. The number of anilines is 1. The van der Waals surface area contributed by atoms with Crippen molar-refractivity contribution in [3.05, 3.63) is 54.6 Å². The summed E-state index contributed by atoms with van der Waals surface area (Å²) in [5.41, 5.74) is 0.698. The van der Waals surface area contributed by atoms with Crippen molar-refractivity contribution in [1.82, 2.24) is 4.31 Å². The van der Waals surface area contributed by atoms with Crippen molar-refractivity contribution in [2.75, 3.05) is 31.1 Å². The molecule has 3 rings (SSSR count). The number of rotatable bonds is 8. The summed E-state index contributed by atoms with van der Waals surface area (Å²) in [6.07, 6.45) is 3.03. The van der Waals surface area contributed by atoms with Crippen molar-refractivity contribution in [2.24, 2.45) is 0 Å². The van der Waals surface area contributed by atoms with Gasteiger partial charge < -0.3 is 9.64 Å². The van der Waals surface area contributed by atoms with Gasteiger partial charge in [0.15, 0.2) is 6.61 Å². The predicted molar refractivity (Wildman–Crippen MR) is 114 cm³/mol. The zero-order valence-electron chi connectivity index (χ0n) is 16.7. The van der Waals surface area contributed by atoms with Crippen LogP contribution in [-0.2, 0) is 14.8 Å².